The molecule has 2 bridgehead atoms. The Bertz CT molecular complexity index is 1260. The quantitative estimate of drug-likeness (QED) is 0.230. The lowest BCUT2D eigenvalue weighted by molar-refractivity contribution is -0.121. The highest BCUT2D eigenvalue weighted by Gasteiger charge is 2.37. The highest BCUT2D eigenvalue weighted by molar-refractivity contribution is 6.23. The number of aryl methyl sites for hydroxylation is 1. The molecule has 0 radical (unpaired) electrons. The molecule has 4 aromatic rings. The second-order valence-corrected chi connectivity index (χ2v) is 12.6. The number of carbonyl (C=O) groups is 1. The van der Waals surface area contributed by atoms with Crippen LogP contribution in [0.4, 0.5) is 0 Å². The largest absolute Gasteiger partial charge is 0.299 e. The SMILES string of the molecule is CC.CC.CC(C)C(=O)CCCc1cc2ccc3cccc4ccc(c1)c2c34.CC1CC2CC(C)C(C)C(C1)C2. The number of fused-ring (bicyclic) bond motifs is 2. The zero-order valence-corrected chi connectivity index (χ0v) is 27.0. The number of benzene rings is 4. The van der Waals surface area contributed by atoms with Crippen LogP contribution in [0.1, 0.15) is 106 Å². The summed E-state index contributed by atoms with van der Waals surface area (Å²) in [5.41, 5.74) is 1.33. The second-order valence-electron chi connectivity index (χ2n) is 12.6. The predicted octanol–water partition coefficient (Wildman–Crippen LogP) is 11.9. The fraction of sp³-hybridized carbons (Fsp3) is 0.564. The van der Waals surface area contributed by atoms with Crippen LogP contribution in [0.2, 0.25) is 0 Å². The van der Waals surface area contributed by atoms with E-state index >= 15 is 0 Å². The summed E-state index contributed by atoms with van der Waals surface area (Å²) in [6.45, 7) is 19.3. The predicted molar refractivity (Wildman–Crippen MR) is 179 cm³/mol. The van der Waals surface area contributed by atoms with Crippen LogP contribution in [0.5, 0.6) is 0 Å². The van der Waals surface area contributed by atoms with Gasteiger partial charge in [-0.15, -0.1) is 0 Å². The van der Waals surface area contributed by atoms with Crippen LogP contribution in [0.15, 0.2) is 54.6 Å². The molecule has 40 heavy (non-hydrogen) atoms. The molecule has 2 aliphatic rings. The van der Waals surface area contributed by atoms with E-state index in [2.05, 4.69) is 75.4 Å². The Labute approximate surface area is 245 Å². The second kappa shape index (κ2) is 15.0. The van der Waals surface area contributed by atoms with Crippen molar-refractivity contribution in [1.82, 2.24) is 0 Å². The molecule has 0 N–H and O–H groups in total. The summed E-state index contributed by atoms with van der Waals surface area (Å²) in [6, 6.07) is 20.0. The highest BCUT2D eigenvalue weighted by Crippen LogP contribution is 2.47. The Morgan fingerprint density at radius 2 is 1.30 bits per heavy atom. The Hall–Kier alpha value is -2.41. The Morgan fingerprint density at radius 3 is 1.88 bits per heavy atom. The molecule has 1 heteroatoms. The van der Waals surface area contributed by atoms with Gasteiger partial charge in [0, 0.05) is 12.3 Å². The number of Topliss-reactive ketones (excluding diaryl/α,β-unsaturated/α-hetero) is 1. The van der Waals surface area contributed by atoms with Crippen molar-refractivity contribution in [2.45, 2.75) is 107 Å². The zero-order valence-electron chi connectivity index (χ0n) is 27.0. The van der Waals surface area contributed by atoms with Crippen molar-refractivity contribution in [2.75, 3.05) is 0 Å². The standard InChI is InChI=1S/C23H22O.C12H22.2C2H6/c1-15(2)21(24)8-3-5-16-13-19-11-9-17-6-4-7-18-10-12-20(14-16)23(19)22(17)18;1-8-4-11-6-9(2)10(3)12(5-8)7-11;2*1-2/h4,6-7,9-15H,3,5,8H2,1-2H3;8-12H,4-7H2,1-3H3;2*1-2H3. The topological polar surface area (TPSA) is 17.1 Å². The number of rotatable bonds is 5. The van der Waals surface area contributed by atoms with E-state index in [9.17, 15) is 4.79 Å². The fourth-order valence-electron chi connectivity index (χ4n) is 7.35. The van der Waals surface area contributed by atoms with Gasteiger partial charge >= 0.3 is 0 Å². The summed E-state index contributed by atoms with van der Waals surface area (Å²) in [6.07, 6.45) is 8.69. The summed E-state index contributed by atoms with van der Waals surface area (Å²) in [5, 5.41) is 7.97. The van der Waals surface area contributed by atoms with E-state index in [-0.39, 0.29) is 5.92 Å². The van der Waals surface area contributed by atoms with Crippen molar-refractivity contribution in [2.24, 2.45) is 35.5 Å². The smallest absolute Gasteiger partial charge is 0.135 e. The third-order valence-electron chi connectivity index (χ3n) is 9.48. The van der Waals surface area contributed by atoms with Crippen LogP contribution in [-0.2, 0) is 11.2 Å². The van der Waals surface area contributed by atoms with Gasteiger partial charge < -0.3 is 0 Å². The third-order valence-corrected chi connectivity index (χ3v) is 9.48. The molecule has 1 nitrogen and oxygen atoms in total. The van der Waals surface area contributed by atoms with Crippen molar-refractivity contribution in [3.63, 3.8) is 0 Å². The molecule has 0 heterocycles. The molecule has 2 aliphatic carbocycles. The van der Waals surface area contributed by atoms with E-state index in [1.165, 1.54) is 57.1 Å². The van der Waals surface area contributed by atoms with Gasteiger partial charge in [-0.25, -0.2) is 0 Å². The first-order chi connectivity index (χ1) is 19.3. The Balaban J connectivity index is 0.000000231. The number of hydrogen-bond donors (Lipinski definition) is 0. The average molecular weight is 541 g/mol. The van der Waals surface area contributed by atoms with Crippen molar-refractivity contribution in [3.8, 4) is 0 Å². The summed E-state index contributed by atoms with van der Waals surface area (Å²) in [5.74, 6) is 5.70. The van der Waals surface area contributed by atoms with Crippen molar-refractivity contribution in [3.05, 3.63) is 60.2 Å². The van der Waals surface area contributed by atoms with E-state index in [4.69, 9.17) is 0 Å². The van der Waals surface area contributed by atoms with E-state index < -0.39 is 0 Å². The van der Waals surface area contributed by atoms with Gasteiger partial charge in [-0.2, -0.15) is 0 Å². The van der Waals surface area contributed by atoms with Crippen LogP contribution in [0.25, 0.3) is 32.3 Å². The Morgan fingerprint density at radius 1 is 0.750 bits per heavy atom. The van der Waals surface area contributed by atoms with Gasteiger partial charge in [0.1, 0.15) is 5.78 Å². The van der Waals surface area contributed by atoms with Crippen LogP contribution in [0.3, 0.4) is 0 Å². The van der Waals surface area contributed by atoms with Crippen LogP contribution < -0.4 is 0 Å². The fourth-order valence-corrected chi connectivity index (χ4v) is 7.35. The maximum atomic E-state index is 11.8. The normalized spacial score (nSPS) is 23.6. The lowest BCUT2D eigenvalue weighted by atomic mass is 9.61. The van der Waals surface area contributed by atoms with Crippen molar-refractivity contribution >= 4 is 38.1 Å². The van der Waals surface area contributed by atoms with Gasteiger partial charge in [0.2, 0.25) is 0 Å². The molecular formula is C39H56O. The molecule has 2 fully saturated rings. The number of carbonyl (C=O) groups excluding carboxylic acids is 1. The maximum absolute atomic E-state index is 11.8. The molecule has 0 aromatic heterocycles. The Kier molecular flexibility index (Phi) is 12.0. The average Bonchev–Trinajstić information content (AvgIpc) is 2.97. The summed E-state index contributed by atoms with van der Waals surface area (Å²) in [7, 11) is 0. The monoisotopic (exact) mass is 540 g/mol. The molecule has 5 atom stereocenters. The van der Waals surface area contributed by atoms with Gasteiger partial charge in [0.15, 0.2) is 0 Å². The van der Waals surface area contributed by atoms with Crippen molar-refractivity contribution < 1.29 is 4.79 Å². The number of ketones is 1. The molecule has 0 spiro atoms. The van der Waals surface area contributed by atoms with E-state index in [1.54, 1.807) is 6.42 Å². The van der Waals surface area contributed by atoms with Crippen molar-refractivity contribution in [1.29, 1.82) is 0 Å². The minimum Gasteiger partial charge on any atom is -0.299 e. The molecular weight excluding hydrogens is 484 g/mol. The highest BCUT2D eigenvalue weighted by atomic mass is 16.1. The van der Waals surface area contributed by atoms with Gasteiger partial charge in [-0.3, -0.25) is 4.79 Å². The van der Waals surface area contributed by atoms with Gasteiger partial charge in [0.05, 0.1) is 0 Å². The minimum absolute atomic E-state index is 0.149. The molecule has 6 rings (SSSR count). The molecule has 218 valence electrons. The maximum Gasteiger partial charge on any atom is 0.135 e. The van der Waals surface area contributed by atoms with E-state index in [0.717, 1.165) is 42.4 Å². The molecule has 5 unspecified atom stereocenters. The summed E-state index contributed by atoms with van der Waals surface area (Å²) < 4.78 is 0. The number of hydrogen-bond acceptors (Lipinski definition) is 1. The first-order valence-electron chi connectivity index (χ1n) is 16.5. The van der Waals surface area contributed by atoms with Crippen LogP contribution >= 0.6 is 0 Å². The molecule has 0 amide bonds. The zero-order chi connectivity index (χ0) is 29.4. The minimum atomic E-state index is 0.149. The van der Waals surface area contributed by atoms with Crippen LogP contribution in [0, 0.1) is 35.5 Å². The lowest BCUT2D eigenvalue weighted by Gasteiger charge is -2.45. The first kappa shape index (κ1) is 32.1. The molecule has 4 aromatic carbocycles. The van der Waals surface area contributed by atoms with E-state index in [1.807, 2.05) is 41.5 Å². The lowest BCUT2D eigenvalue weighted by Crippen LogP contribution is -2.35. The van der Waals surface area contributed by atoms with Crippen LogP contribution in [-0.4, -0.2) is 5.78 Å². The van der Waals surface area contributed by atoms with Gasteiger partial charge in [0.25, 0.3) is 0 Å². The molecule has 0 aliphatic heterocycles. The first-order valence-corrected chi connectivity index (χ1v) is 16.5. The third kappa shape index (κ3) is 7.45. The summed E-state index contributed by atoms with van der Waals surface area (Å²) >= 11 is 0. The molecule has 2 saturated carbocycles. The van der Waals surface area contributed by atoms with E-state index in [0.29, 0.717) is 12.2 Å². The van der Waals surface area contributed by atoms with Gasteiger partial charge in [-0.1, -0.05) is 117 Å². The van der Waals surface area contributed by atoms with Gasteiger partial charge in [-0.05, 0) is 106 Å². The molecule has 0 saturated heterocycles. The summed E-state index contributed by atoms with van der Waals surface area (Å²) in [4.78, 5) is 11.8.